The van der Waals surface area contributed by atoms with Crippen LogP contribution in [0.3, 0.4) is 0 Å². The number of rotatable bonds is 10. The Morgan fingerprint density at radius 2 is 1.70 bits per heavy atom. The molecule has 1 aliphatic carbocycles. The first-order valence-corrected chi connectivity index (χ1v) is 15.3. The Hall–Kier alpha value is -5.16. The summed E-state index contributed by atoms with van der Waals surface area (Å²) in [5.41, 5.74) is 4.03. The maximum Gasteiger partial charge on any atom is 0.345 e. The highest BCUT2D eigenvalue weighted by atomic mass is 19.3. The average molecular weight is 641 g/mol. The number of amides is 2. The predicted molar refractivity (Wildman–Crippen MR) is 172 cm³/mol. The maximum atomic E-state index is 13.9. The largest absolute Gasteiger partial charge is 0.493 e. The molecule has 9 nitrogen and oxygen atoms in total. The summed E-state index contributed by atoms with van der Waals surface area (Å²) in [5, 5.41) is 6.34. The minimum atomic E-state index is -2.92. The fraction of sp³-hybridized carbons (Fsp3) is 0.278. The van der Waals surface area contributed by atoms with Gasteiger partial charge in [-0.2, -0.15) is 8.78 Å². The summed E-state index contributed by atoms with van der Waals surface area (Å²) in [4.78, 5) is 35.8. The number of aryl methyl sites for hydroxylation is 2. The monoisotopic (exact) mass is 640 g/mol. The van der Waals surface area contributed by atoms with E-state index in [-0.39, 0.29) is 18.7 Å². The van der Waals surface area contributed by atoms with Crippen LogP contribution in [0.15, 0.2) is 77.5 Å². The van der Waals surface area contributed by atoms with Crippen molar-refractivity contribution in [2.24, 2.45) is 0 Å². The van der Waals surface area contributed by atoms with Crippen LogP contribution < -0.4 is 15.4 Å². The number of ether oxygens (including phenoxy) is 2. The summed E-state index contributed by atoms with van der Waals surface area (Å²) in [5.74, 6) is 0.559. The Balaban J connectivity index is 1.41. The van der Waals surface area contributed by atoms with Gasteiger partial charge in [0, 0.05) is 60.4 Å². The number of alkyl halides is 2. The van der Waals surface area contributed by atoms with Crippen molar-refractivity contribution in [3.63, 3.8) is 0 Å². The van der Waals surface area contributed by atoms with Gasteiger partial charge in [0.1, 0.15) is 22.6 Å². The number of carbonyl (C=O) groups excluding carboxylic acids is 2. The summed E-state index contributed by atoms with van der Waals surface area (Å²) in [7, 11) is 1.57. The quantitative estimate of drug-likeness (QED) is 0.170. The lowest BCUT2D eigenvalue weighted by Crippen LogP contribution is -2.58. The highest BCUT2D eigenvalue weighted by molar-refractivity contribution is 6.12. The van der Waals surface area contributed by atoms with Crippen molar-refractivity contribution < 1.29 is 32.3 Å². The normalized spacial score (nSPS) is 17.4. The Bertz CT molecular complexity index is 1940. The van der Waals surface area contributed by atoms with Crippen molar-refractivity contribution in [2.45, 2.75) is 51.9 Å². The third-order valence-electron chi connectivity index (χ3n) is 8.45. The highest BCUT2D eigenvalue weighted by Gasteiger charge is 2.50. The second kappa shape index (κ2) is 12.9. The van der Waals surface area contributed by atoms with E-state index < -0.39 is 24.2 Å². The van der Waals surface area contributed by atoms with Crippen LogP contribution in [0.1, 0.15) is 57.4 Å². The van der Waals surface area contributed by atoms with E-state index in [4.69, 9.17) is 13.9 Å². The number of furan rings is 1. The topological polar surface area (TPSA) is 116 Å². The van der Waals surface area contributed by atoms with Crippen LogP contribution in [0.4, 0.5) is 8.78 Å². The first-order valence-electron chi connectivity index (χ1n) is 15.3. The van der Waals surface area contributed by atoms with Gasteiger partial charge in [0.15, 0.2) is 5.82 Å². The minimum Gasteiger partial charge on any atom is -0.493 e. The molecule has 11 heteroatoms. The van der Waals surface area contributed by atoms with Crippen LogP contribution in [-0.4, -0.2) is 48.2 Å². The molecule has 1 fully saturated rings. The number of carbonyl (C=O) groups is 2. The molecule has 2 N–H and O–H groups in total. The van der Waals surface area contributed by atoms with Gasteiger partial charge in [-0.15, -0.1) is 0 Å². The Morgan fingerprint density at radius 3 is 2.36 bits per heavy atom. The van der Waals surface area contributed by atoms with Crippen LogP contribution in [0.5, 0.6) is 5.75 Å². The van der Waals surface area contributed by atoms with E-state index in [1.54, 1.807) is 37.6 Å². The zero-order valence-electron chi connectivity index (χ0n) is 26.4. The van der Waals surface area contributed by atoms with Gasteiger partial charge in [0.2, 0.25) is 0 Å². The van der Waals surface area contributed by atoms with Gasteiger partial charge in [-0.3, -0.25) is 9.59 Å². The van der Waals surface area contributed by atoms with Crippen LogP contribution in [0.2, 0.25) is 0 Å². The van der Waals surface area contributed by atoms with Crippen molar-refractivity contribution >= 4 is 22.8 Å². The third kappa shape index (κ3) is 6.18. The zero-order valence-corrected chi connectivity index (χ0v) is 26.4. The predicted octanol–water partition coefficient (Wildman–Crippen LogP) is 6.96. The van der Waals surface area contributed by atoms with E-state index in [0.29, 0.717) is 62.7 Å². The standard InChI is InChI=1S/C36H34F2N4O5/c1-5-45-28-17-29-27(30(33(44)39-4)31(47-29)22-10-7-20(2)8-11-22)16-26(28)23-12-9-21(3)25(15-23)32(43)42-36(34-40-13-6-14-41-34)18-24(19-36)46-35(37)38/h6-17,24,35H,5,18-19H2,1-4H3,(H,39,44)(H,42,43). The van der Waals surface area contributed by atoms with Crippen molar-refractivity contribution in [2.75, 3.05) is 13.7 Å². The molecule has 0 unspecified atom stereocenters. The number of hydrogen-bond acceptors (Lipinski definition) is 7. The number of fused-ring (bicyclic) bond motifs is 1. The van der Waals surface area contributed by atoms with Gasteiger partial charge < -0.3 is 24.5 Å². The van der Waals surface area contributed by atoms with Crippen LogP contribution in [-0.2, 0) is 10.3 Å². The van der Waals surface area contributed by atoms with E-state index in [0.717, 1.165) is 11.1 Å². The summed E-state index contributed by atoms with van der Waals surface area (Å²) >= 11 is 0. The second-order valence-electron chi connectivity index (χ2n) is 11.6. The zero-order chi connectivity index (χ0) is 33.3. The minimum absolute atomic E-state index is 0.100. The molecule has 0 atom stereocenters. The van der Waals surface area contributed by atoms with E-state index in [1.807, 2.05) is 63.2 Å². The van der Waals surface area contributed by atoms with E-state index in [1.165, 1.54) is 0 Å². The molecule has 5 aromatic rings. The number of benzene rings is 3. The number of nitrogens with one attached hydrogen (secondary N) is 2. The fourth-order valence-corrected chi connectivity index (χ4v) is 6.05. The first-order chi connectivity index (χ1) is 22.6. The van der Waals surface area contributed by atoms with Gasteiger partial charge in [-0.25, -0.2) is 9.97 Å². The third-order valence-corrected chi connectivity index (χ3v) is 8.45. The van der Waals surface area contributed by atoms with Gasteiger partial charge >= 0.3 is 6.61 Å². The summed E-state index contributed by atoms with van der Waals surface area (Å²) < 4.78 is 42.9. The lowest BCUT2D eigenvalue weighted by Gasteiger charge is -2.46. The van der Waals surface area contributed by atoms with Crippen LogP contribution in [0.25, 0.3) is 33.4 Å². The Morgan fingerprint density at radius 1 is 1.00 bits per heavy atom. The van der Waals surface area contributed by atoms with Crippen molar-refractivity contribution in [3.05, 3.63) is 101 Å². The molecule has 6 rings (SSSR count). The smallest absolute Gasteiger partial charge is 0.345 e. The molecule has 47 heavy (non-hydrogen) atoms. The molecule has 0 bridgehead atoms. The van der Waals surface area contributed by atoms with Gasteiger partial charge in [0.05, 0.1) is 18.3 Å². The molecule has 242 valence electrons. The van der Waals surface area contributed by atoms with Crippen molar-refractivity contribution in [1.29, 1.82) is 0 Å². The Kier molecular flexibility index (Phi) is 8.74. The molecule has 3 aromatic carbocycles. The molecule has 0 spiro atoms. The van der Waals surface area contributed by atoms with Crippen LogP contribution >= 0.6 is 0 Å². The average Bonchev–Trinajstić information content (AvgIpc) is 3.42. The van der Waals surface area contributed by atoms with E-state index >= 15 is 0 Å². The molecule has 2 heterocycles. The number of halogens is 2. The molecular weight excluding hydrogens is 606 g/mol. The number of hydrogen-bond donors (Lipinski definition) is 2. The SMILES string of the molecule is CCOc1cc2oc(-c3ccc(C)cc3)c(C(=O)NC)c2cc1-c1ccc(C)c(C(=O)NC2(c3ncccn3)CC(OC(F)F)C2)c1. The first kappa shape index (κ1) is 31.8. The fourth-order valence-electron chi connectivity index (χ4n) is 6.05. The molecule has 0 saturated heterocycles. The lowest BCUT2D eigenvalue weighted by molar-refractivity contribution is -0.198. The van der Waals surface area contributed by atoms with Gasteiger partial charge in [-0.05, 0) is 50.1 Å². The molecule has 2 aromatic heterocycles. The molecule has 1 saturated carbocycles. The van der Waals surface area contributed by atoms with E-state index in [9.17, 15) is 18.4 Å². The molecule has 0 radical (unpaired) electrons. The molecular formula is C36H34F2N4O5. The van der Waals surface area contributed by atoms with Crippen molar-refractivity contribution in [1.82, 2.24) is 20.6 Å². The second-order valence-corrected chi connectivity index (χ2v) is 11.6. The number of aromatic nitrogens is 2. The van der Waals surface area contributed by atoms with Crippen molar-refractivity contribution in [3.8, 4) is 28.2 Å². The maximum absolute atomic E-state index is 13.9. The summed E-state index contributed by atoms with van der Waals surface area (Å²) in [6, 6.07) is 18.4. The number of nitrogens with zero attached hydrogens (tertiary/aromatic N) is 2. The lowest BCUT2D eigenvalue weighted by atomic mass is 9.73. The molecule has 1 aliphatic rings. The highest BCUT2D eigenvalue weighted by Crippen LogP contribution is 2.44. The van der Waals surface area contributed by atoms with Gasteiger partial charge in [-0.1, -0.05) is 42.0 Å². The summed E-state index contributed by atoms with van der Waals surface area (Å²) in [6.45, 7) is 3.11. The molecule has 0 aliphatic heterocycles. The Labute approximate surface area is 270 Å². The summed E-state index contributed by atoms with van der Waals surface area (Å²) in [6.07, 6.45) is 2.54. The molecule has 2 amide bonds. The van der Waals surface area contributed by atoms with Gasteiger partial charge in [0.25, 0.3) is 11.8 Å². The van der Waals surface area contributed by atoms with E-state index in [2.05, 4.69) is 20.6 Å². The van der Waals surface area contributed by atoms with Crippen LogP contribution in [0, 0.1) is 13.8 Å².